The summed E-state index contributed by atoms with van der Waals surface area (Å²) >= 11 is 0. The standard InChI is InChI=1S/C11H14O2/c1-4-5-6-7-8-9-10(2)13-11(3)12/h10H,4-5H2,1-3H3. The van der Waals surface area contributed by atoms with E-state index in [9.17, 15) is 4.79 Å². The number of ether oxygens (including phenoxy) is 1. The lowest BCUT2D eigenvalue weighted by Gasteiger charge is -2.01. The van der Waals surface area contributed by atoms with Crippen LogP contribution in [0.3, 0.4) is 0 Å². The van der Waals surface area contributed by atoms with Crippen LogP contribution in [0.5, 0.6) is 0 Å². The summed E-state index contributed by atoms with van der Waals surface area (Å²) in [5.74, 6) is 10.6. The molecular weight excluding hydrogens is 164 g/mol. The van der Waals surface area contributed by atoms with Gasteiger partial charge in [-0.05, 0) is 31.1 Å². The summed E-state index contributed by atoms with van der Waals surface area (Å²) in [6.07, 6.45) is 1.53. The molecule has 0 aromatic heterocycles. The third-order valence-corrected chi connectivity index (χ3v) is 1.14. The van der Waals surface area contributed by atoms with Crippen LogP contribution in [0.4, 0.5) is 0 Å². The highest BCUT2D eigenvalue weighted by Crippen LogP contribution is 1.87. The molecule has 0 bridgehead atoms. The molecule has 0 aromatic rings. The molecule has 0 aromatic carbocycles. The fourth-order valence-corrected chi connectivity index (χ4v) is 0.648. The lowest BCUT2D eigenvalue weighted by molar-refractivity contribution is -0.143. The summed E-state index contributed by atoms with van der Waals surface area (Å²) in [7, 11) is 0. The summed E-state index contributed by atoms with van der Waals surface area (Å²) in [6.45, 7) is 5.14. The summed E-state index contributed by atoms with van der Waals surface area (Å²) in [5.41, 5.74) is 0. The zero-order valence-corrected chi connectivity index (χ0v) is 8.31. The molecule has 0 saturated carbocycles. The van der Waals surface area contributed by atoms with Crippen LogP contribution in [-0.4, -0.2) is 12.1 Å². The van der Waals surface area contributed by atoms with Gasteiger partial charge in [-0.3, -0.25) is 4.79 Å². The minimum absolute atomic E-state index is 0.316. The van der Waals surface area contributed by atoms with Crippen molar-refractivity contribution in [1.82, 2.24) is 0 Å². The van der Waals surface area contributed by atoms with Crippen molar-refractivity contribution >= 4 is 5.97 Å². The average Bonchev–Trinajstić information content (AvgIpc) is 2.02. The fourth-order valence-electron chi connectivity index (χ4n) is 0.648. The Kier molecular flexibility index (Phi) is 6.46. The van der Waals surface area contributed by atoms with Crippen LogP contribution < -0.4 is 0 Å². The Morgan fingerprint density at radius 3 is 2.69 bits per heavy atom. The van der Waals surface area contributed by atoms with Crippen LogP contribution >= 0.6 is 0 Å². The van der Waals surface area contributed by atoms with E-state index in [0.717, 1.165) is 12.8 Å². The van der Waals surface area contributed by atoms with Gasteiger partial charge in [0.15, 0.2) is 6.10 Å². The predicted molar refractivity (Wildman–Crippen MR) is 51.7 cm³/mol. The monoisotopic (exact) mass is 178 g/mol. The Labute approximate surface area is 79.7 Å². The Hall–Kier alpha value is -1.41. The van der Waals surface area contributed by atoms with E-state index in [1.807, 2.05) is 0 Å². The zero-order chi connectivity index (χ0) is 10.1. The third-order valence-electron chi connectivity index (χ3n) is 1.14. The van der Waals surface area contributed by atoms with Crippen molar-refractivity contribution in [3.05, 3.63) is 0 Å². The molecule has 0 radical (unpaired) electrons. The minimum atomic E-state index is -0.367. The molecule has 0 aliphatic carbocycles. The van der Waals surface area contributed by atoms with Crippen molar-refractivity contribution in [3.63, 3.8) is 0 Å². The maximum atomic E-state index is 10.5. The van der Waals surface area contributed by atoms with E-state index in [1.165, 1.54) is 6.92 Å². The van der Waals surface area contributed by atoms with Crippen molar-refractivity contribution in [2.75, 3.05) is 0 Å². The second-order valence-corrected chi connectivity index (χ2v) is 2.57. The molecule has 0 rings (SSSR count). The first-order valence-corrected chi connectivity index (χ1v) is 4.32. The molecule has 0 amide bonds. The topological polar surface area (TPSA) is 26.3 Å². The van der Waals surface area contributed by atoms with Crippen molar-refractivity contribution in [2.24, 2.45) is 0 Å². The molecular formula is C11H14O2. The van der Waals surface area contributed by atoms with Gasteiger partial charge in [0.05, 0.1) is 0 Å². The highest BCUT2D eigenvalue weighted by molar-refractivity contribution is 5.66. The quantitative estimate of drug-likeness (QED) is 0.475. The van der Waals surface area contributed by atoms with Crippen molar-refractivity contribution in [2.45, 2.75) is 39.7 Å². The largest absolute Gasteiger partial charge is 0.450 e. The normalized spacial score (nSPS) is 10.1. The first-order chi connectivity index (χ1) is 6.16. The number of carbonyl (C=O) groups is 1. The van der Waals surface area contributed by atoms with Crippen LogP contribution in [0.15, 0.2) is 0 Å². The van der Waals surface area contributed by atoms with Crippen LogP contribution in [0.25, 0.3) is 0 Å². The molecule has 0 spiro atoms. The van der Waals surface area contributed by atoms with Gasteiger partial charge in [0.25, 0.3) is 0 Å². The number of unbranched alkanes of at least 4 members (excludes halogenated alkanes) is 1. The van der Waals surface area contributed by atoms with Crippen LogP contribution in [0.2, 0.25) is 0 Å². The van der Waals surface area contributed by atoms with Gasteiger partial charge < -0.3 is 4.74 Å². The van der Waals surface area contributed by atoms with E-state index in [4.69, 9.17) is 4.74 Å². The Bertz CT molecular complexity index is 270. The zero-order valence-electron chi connectivity index (χ0n) is 8.31. The van der Waals surface area contributed by atoms with Crippen LogP contribution in [0.1, 0.15) is 33.6 Å². The van der Waals surface area contributed by atoms with Gasteiger partial charge in [0.1, 0.15) is 0 Å². The van der Waals surface area contributed by atoms with Gasteiger partial charge in [-0.2, -0.15) is 0 Å². The first kappa shape index (κ1) is 11.6. The Morgan fingerprint density at radius 1 is 1.46 bits per heavy atom. The molecule has 0 aliphatic heterocycles. The van der Waals surface area contributed by atoms with Crippen molar-refractivity contribution in [3.8, 4) is 23.7 Å². The predicted octanol–water partition coefficient (Wildman–Crippen LogP) is 1.74. The lowest BCUT2D eigenvalue weighted by atomic mass is 10.3. The fraction of sp³-hybridized carbons (Fsp3) is 0.545. The maximum Gasteiger partial charge on any atom is 0.303 e. The van der Waals surface area contributed by atoms with Crippen molar-refractivity contribution < 1.29 is 9.53 Å². The van der Waals surface area contributed by atoms with E-state index in [1.54, 1.807) is 6.92 Å². The summed E-state index contributed by atoms with van der Waals surface area (Å²) < 4.78 is 4.78. The molecule has 1 unspecified atom stereocenters. The number of rotatable bonds is 2. The molecule has 2 nitrogen and oxygen atoms in total. The van der Waals surface area contributed by atoms with E-state index in [-0.39, 0.29) is 12.1 Å². The maximum absolute atomic E-state index is 10.5. The highest BCUT2D eigenvalue weighted by atomic mass is 16.5. The van der Waals surface area contributed by atoms with Gasteiger partial charge in [0, 0.05) is 13.3 Å². The smallest absolute Gasteiger partial charge is 0.303 e. The van der Waals surface area contributed by atoms with E-state index in [2.05, 4.69) is 30.6 Å². The molecule has 0 heterocycles. The lowest BCUT2D eigenvalue weighted by Crippen LogP contribution is -2.09. The Morgan fingerprint density at radius 2 is 2.15 bits per heavy atom. The molecule has 0 aliphatic rings. The SMILES string of the molecule is CCCC#CC#CC(C)OC(C)=O. The molecule has 0 fully saturated rings. The van der Waals surface area contributed by atoms with Crippen molar-refractivity contribution in [1.29, 1.82) is 0 Å². The second-order valence-electron chi connectivity index (χ2n) is 2.57. The molecule has 13 heavy (non-hydrogen) atoms. The first-order valence-electron chi connectivity index (χ1n) is 4.32. The molecule has 1 atom stereocenters. The molecule has 70 valence electrons. The summed E-state index contributed by atoms with van der Waals surface area (Å²) in [6, 6.07) is 0. The van der Waals surface area contributed by atoms with Crippen LogP contribution in [0, 0.1) is 23.7 Å². The minimum Gasteiger partial charge on any atom is -0.450 e. The van der Waals surface area contributed by atoms with E-state index in [0.29, 0.717) is 0 Å². The van der Waals surface area contributed by atoms with Gasteiger partial charge >= 0.3 is 5.97 Å². The van der Waals surface area contributed by atoms with E-state index < -0.39 is 0 Å². The third kappa shape index (κ3) is 8.50. The van der Waals surface area contributed by atoms with Gasteiger partial charge in [-0.1, -0.05) is 12.8 Å². The highest BCUT2D eigenvalue weighted by Gasteiger charge is 1.98. The second kappa shape index (κ2) is 7.25. The summed E-state index contributed by atoms with van der Waals surface area (Å²) in [4.78, 5) is 10.5. The molecule has 0 saturated heterocycles. The van der Waals surface area contributed by atoms with Gasteiger partial charge in [0.2, 0.25) is 0 Å². The number of hydrogen-bond acceptors (Lipinski definition) is 2. The number of carbonyl (C=O) groups excluding carboxylic acids is 1. The number of esters is 1. The summed E-state index contributed by atoms with van der Waals surface area (Å²) in [5, 5.41) is 0. The van der Waals surface area contributed by atoms with Gasteiger partial charge in [-0.25, -0.2) is 0 Å². The molecule has 2 heteroatoms. The number of hydrogen-bond donors (Lipinski definition) is 0. The van der Waals surface area contributed by atoms with Crippen LogP contribution in [-0.2, 0) is 9.53 Å². The van der Waals surface area contributed by atoms with Gasteiger partial charge in [-0.15, -0.1) is 0 Å². The van der Waals surface area contributed by atoms with E-state index >= 15 is 0 Å². The Balaban J connectivity index is 3.83. The molecule has 0 N–H and O–H groups in total. The average molecular weight is 178 g/mol.